The van der Waals surface area contributed by atoms with Crippen molar-refractivity contribution >= 4 is 17.2 Å². The van der Waals surface area contributed by atoms with Crippen molar-refractivity contribution in [3.8, 4) is 0 Å². The summed E-state index contributed by atoms with van der Waals surface area (Å²) in [4.78, 5) is 14.5. The fourth-order valence-corrected chi connectivity index (χ4v) is 3.30. The molecule has 1 aliphatic heterocycles. The van der Waals surface area contributed by atoms with E-state index in [1.54, 1.807) is 0 Å². The van der Waals surface area contributed by atoms with Crippen LogP contribution in [0.1, 0.15) is 38.8 Å². The van der Waals surface area contributed by atoms with Crippen LogP contribution in [-0.2, 0) is 13.1 Å². The number of hydrogen-bond donors (Lipinski definition) is 1. The van der Waals surface area contributed by atoms with Gasteiger partial charge in [-0.3, -0.25) is 9.69 Å². The summed E-state index contributed by atoms with van der Waals surface area (Å²) in [6.45, 7) is 5.61. The van der Waals surface area contributed by atoms with Gasteiger partial charge in [-0.2, -0.15) is 0 Å². The van der Waals surface area contributed by atoms with Gasteiger partial charge >= 0.3 is 0 Å². The number of carbonyl (C=O) groups excluding carboxylic acids is 1. The number of hydrogen-bond acceptors (Lipinski definition) is 5. The SMILES string of the molecule is Cc1ccc(CNC(=O)c2nnc(CN3CCCC3)s2)cc1. The van der Waals surface area contributed by atoms with Gasteiger partial charge in [-0.05, 0) is 38.4 Å². The second-order valence-electron chi connectivity index (χ2n) is 5.65. The maximum Gasteiger partial charge on any atom is 0.282 e. The average molecular weight is 316 g/mol. The van der Waals surface area contributed by atoms with Crippen LogP contribution in [0, 0.1) is 6.92 Å². The zero-order valence-electron chi connectivity index (χ0n) is 12.7. The number of likely N-dealkylation sites (tertiary alicyclic amines) is 1. The lowest BCUT2D eigenvalue weighted by atomic mass is 10.1. The summed E-state index contributed by atoms with van der Waals surface area (Å²) < 4.78 is 0. The first-order chi connectivity index (χ1) is 10.7. The topological polar surface area (TPSA) is 58.1 Å². The van der Waals surface area contributed by atoms with Gasteiger partial charge < -0.3 is 5.32 Å². The van der Waals surface area contributed by atoms with Gasteiger partial charge in [-0.25, -0.2) is 0 Å². The average Bonchev–Trinajstić information content (AvgIpc) is 3.19. The Morgan fingerprint density at radius 2 is 1.95 bits per heavy atom. The number of nitrogens with zero attached hydrogens (tertiary/aromatic N) is 3. The number of nitrogens with one attached hydrogen (secondary N) is 1. The van der Waals surface area contributed by atoms with Crippen LogP contribution in [-0.4, -0.2) is 34.1 Å². The van der Waals surface area contributed by atoms with E-state index in [4.69, 9.17) is 0 Å². The molecule has 1 aromatic heterocycles. The molecular weight excluding hydrogens is 296 g/mol. The molecule has 5 nitrogen and oxygen atoms in total. The fourth-order valence-electron chi connectivity index (χ4n) is 2.51. The second-order valence-corrected chi connectivity index (χ2v) is 6.71. The van der Waals surface area contributed by atoms with Gasteiger partial charge in [-0.1, -0.05) is 41.2 Å². The molecule has 1 aliphatic rings. The number of rotatable bonds is 5. The zero-order chi connectivity index (χ0) is 15.4. The van der Waals surface area contributed by atoms with Crippen LogP contribution in [0.3, 0.4) is 0 Å². The van der Waals surface area contributed by atoms with E-state index in [0.717, 1.165) is 30.2 Å². The molecule has 2 aromatic rings. The van der Waals surface area contributed by atoms with Gasteiger partial charge in [0.25, 0.3) is 5.91 Å². The van der Waals surface area contributed by atoms with Crippen LogP contribution in [0.2, 0.25) is 0 Å². The molecule has 22 heavy (non-hydrogen) atoms. The second kappa shape index (κ2) is 6.98. The Hall–Kier alpha value is -1.79. The molecular formula is C16H20N4OS. The first-order valence-corrected chi connectivity index (χ1v) is 8.41. The van der Waals surface area contributed by atoms with E-state index >= 15 is 0 Å². The van der Waals surface area contributed by atoms with Gasteiger partial charge in [0.1, 0.15) is 5.01 Å². The molecule has 116 valence electrons. The highest BCUT2D eigenvalue weighted by atomic mass is 32.1. The minimum absolute atomic E-state index is 0.147. The minimum atomic E-state index is -0.147. The van der Waals surface area contributed by atoms with E-state index in [1.807, 2.05) is 31.2 Å². The quantitative estimate of drug-likeness (QED) is 0.920. The monoisotopic (exact) mass is 316 g/mol. The molecule has 0 bridgehead atoms. The molecule has 1 saturated heterocycles. The molecule has 1 fully saturated rings. The first-order valence-electron chi connectivity index (χ1n) is 7.59. The Kier molecular flexibility index (Phi) is 4.80. The summed E-state index contributed by atoms with van der Waals surface area (Å²) in [5.74, 6) is -0.147. The molecule has 2 heterocycles. The van der Waals surface area contributed by atoms with Gasteiger partial charge in [0.05, 0.1) is 6.54 Å². The van der Waals surface area contributed by atoms with Crippen molar-refractivity contribution in [1.29, 1.82) is 0 Å². The summed E-state index contributed by atoms with van der Waals surface area (Å²) in [6.07, 6.45) is 2.51. The summed E-state index contributed by atoms with van der Waals surface area (Å²) in [5.41, 5.74) is 2.30. The minimum Gasteiger partial charge on any atom is -0.346 e. The third kappa shape index (κ3) is 3.90. The number of aromatic nitrogens is 2. The molecule has 0 unspecified atom stereocenters. The lowest BCUT2D eigenvalue weighted by Crippen LogP contribution is -2.22. The highest BCUT2D eigenvalue weighted by Gasteiger charge is 2.17. The molecule has 0 saturated carbocycles. The smallest absolute Gasteiger partial charge is 0.282 e. The molecule has 0 aliphatic carbocycles. The Morgan fingerprint density at radius 1 is 1.23 bits per heavy atom. The van der Waals surface area contributed by atoms with Crippen LogP contribution in [0.5, 0.6) is 0 Å². The molecule has 0 radical (unpaired) electrons. The summed E-state index contributed by atoms with van der Waals surface area (Å²) in [6, 6.07) is 8.13. The zero-order valence-corrected chi connectivity index (χ0v) is 13.5. The van der Waals surface area contributed by atoms with Gasteiger partial charge in [-0.15, -0.1) is 10.2 Å². The highest BCUT2D eigenvalue weighted by molar-refractivity contribution is 7.13. The maximum absolute atomic E-state index is 12.1. The number of aryl methyl sites for hydroxylation is 1. The molecule has 6 heteroatoms. The molecule has 0 atom stereocenters. The number of benzene rings is 1. The van der Waals surface area contributed by atoms with E-state index < -0.39 is 0 Å². The molecule has 1 amide bonds. The van der Waals surface area contributed by atoms with Crippen LogP contribution in [0.25, 0.3) is 0 Å². The Morgan fingerprint density at radius 3 is 2.68 bits per heavy atom. The third-order valence-electron chi connectivity index (χ3n) is 3.79. The lowest BCUT2D eigenvalue weighted by Gasteiger charge is -2.10. The van der Waals surface area contributed by atoms with E-state index in [2.05, 4.69) is 20.4 Å². The Balaban J connectivity index is 1.53. The Labute approximate surface area is 134 Å². The van der Waals surface area contributed by atoms with E-state index in [-0.39, 0.29) is 5.91 Å². The van der Waals surface area contributed by atoms with Crippen molar-refractivity contribution < 1.29 is 4.79 Å². The van der Waals surface area contributed by atoms with E-state index in [9.17, 15) is 4.79 Å². The van der Waals surface area contributed by atoms with Crippen molar-refractivity contribution in [2.75, 3.05) is 13.1 Å². The molecule has 1 N–H and O–H groups in total. The predicted octanol–water partition coefficient (Wildman–Crippen LogP) is 2.37. The molecule has 0 spiro atoms. The standard InChI is InChI=1S/C16H20N4OS/c1-12-4-6-13(7-5-12)10-17-15(21)16-19-18-14(22-16)11-20-8-2-3-9-20/h4-7H,2-3,8-11H2,1H3,(H,17,21). The van der Waals surface area contributed by atoms with Crippen molar-refractivity contribution in [3.05, 3.63) is 45.4 Å². The molecule has 3 rings (SSSR count). The van der Waals surface area contributed by atoms with Crippen molar-refractivity contribution in [2.45, 2.75) is 32.9 Å². The summed E-state index contributed by atoms with van der Waals surface area (Å²) >= 11 is 1.39. The molecule has 1 aromatic carbocycles. The van der Waals surface area contributed by atoms with Gasteiger partial charge in [0, 0.05) is 6.54 Å². The summed E-state index contributed by atoms with van der Waals surface area (Å²) in [5, 5.41) is 12.4. The van der Waals surface area contributed by atoms with Crippen LogP contribution < -0.4 is 5.32 Å². The largest absolute Gasteiger partial charge is 0.346 e. The number of amides is 1. The normalized spacial score (nSPS) is 15.1. The third-order valence-corrected chi connectivity index (χ3v) is 4.70. The van der Waals surface area contributed by atoms with Crippen molar-refractivity contribution in [1.82, 2.24) is 20.4 Å². The predicted molar refractivity (Wildman–Crippen MR) is 86.8 cm³/mol. The van der Waals surface area contributed by atoms with Gasteiger partial charge in [0.2, 0.25) is 5.01 Å². The van der Waals surface area contributed by atoms with E-state index in [1.165, 1.54) is 29.7 Å². The number of carbonyl (C=O) groups is 1. The van der Waals surface area contributed by atoms with Gasteiger partial charge in [0.15, 0.2) is 0 Å². The maximum atomic E-state index is 12.1. The van der Waals surface area contributed by atoms with Crippen LogP contribution in [0.15, 0.2) is 24.3 Å². The van der Waals surface area contributed by atoms with Crippen LogP contribution in [0.4, 0.5) is 0 Å². The van der Waals surface area contributed by atoms with E-state index in [0.29, 0.717) is 11.6 Å². The first kappa shape index (κ1) is 15.1. The van der Waals surface area contributed by atoms with Crippen molar-refractivity contribution in [2.24, 2.45) is 0 Å². The fraction of sp³-hybridized carbons (Fsp3) is 0.438. The van der Waals surface area contributed by atoms with Crippen molar-refractivity contribution in [3.63, 3.8) is 0 Å². The Bertz CT molecular complexity index is 632. The van der Waals surface area contributed by atoms with Crippen LogP contribution >= 0.6 is 11.3 Å². The summed E-state index contributed by atoms with van der Waals surface area (Å²) in [7, 11) is 0. The highest BCUT2D eigenvalue weighted by Crippen LogP contribution is 2.16. The lowest BCUT2D eigenvalue weighted by molar-refractivity contribution is 0.0950.